The van der Waals surface area contributed by atoms with Crippen LogP contribution in [0.15, 0.2) is 24.3 Å². The number of rotatable bonds is 7. The van der Waals surface area contributed by atoms with Crippen LogP contribution in [-0.4, -0.2) is 41.9 Å². The number of carbonyl (C=O) groups is 2. The van der Waals surface area contributed by atoms with Gasteiger partial charge in [-0.15, -0.1) is 0 Å². The maximum atomic E-state index is 12.1. The summed E-state index contributed by atoms with van der Waals surface area (Å²) >= 11 is 0. The highest BCUT2D eigenvalue weighted by Gasteiger charge is 2.18. The van der Waals surface area contributed by atoms with E-state index in [9.17, 15) is 9.59 Å². The molecule has 0 radical (unpaired) electrons. The Labute approximate surface area is 145 Å². The molecule has 1 saturated heterocycles. The first-order chi connectivity index (χ1) is 11.1. The number of carbonyl (C=O) groups excluding carboxylic acids is 2. The molecule has 2 rings (SSSR count). The molecule has 1 atom stereocenters. The second-order valence-corrected chi connectivity index (χ2v) is 8.53. The number of amides is 1. The van der Waals surface area contributed by atoms with Gasteiger partial charge in [-0.1, -0.05) is 40.1 Å². The Balaban J connectivity index is 1.79. The highest BCUT2D eigenvalue weighted by Crippen LogP contribution is 2.39. The summed E-state index contributed by atoms with van der Waals surface area (Å²) in [6.45, 7) is 0. The normalized spacial score (nSPS) is 17.0. The van der Waals surface area contributed by atoms with Gasteiger partial charge in [0.25, 0.3) is 5.91 Å². The van der Waals surface area contributed by atoms with Crippen LogP contribution in [0.2, 0.25) is 0 Å². The molecule has 1 aromatic rings. The molecule has 1 aliphatic rings. The predicted octanol–water partition coefficient (Wildman–Crippen LogP) is 4.01. The lowest BCUT2D eigenvalue weighted by Crippen LogP contribution is -2.23. The fourth-order valence-electron chi connectivity index (χ4n) is 2.35. The molecule has 0 unspecified atom stereocenters. The van der Waals surface area contributed by atoms with Gasteiger partial charge in [0, 0.05) is 31.5 Å². The third kappa shape index (κ3) is 5.77. The fourth-order valence-corrected chi connectivity index (χ4v) is 5.38. The minimum absolute atomic E-state index is 0.163. The molecular formula is C17H23NO3S2. The maximum absolute atomic E-state index is 12.1. The van der Waals surface area contributed by atoms with Crippen molar-refractivity contribution in [3.8, 4) is 5.75 Å². The van der Waals surface area contributed by atoms with Crippen LogP contribution in [-0.2, 0) is 4.79 Å². The molecule has 126 valence electrons. The Morgan fingerprint density at radius 3 is 2.74 bits per heavy atom. The lowest BCUT2D eigenvalue weighted by atomic mass is 10.1. The van der Waals surface area contributed by atoms with E-state index in [0.29, 0.717) is 17.7 Å². The van der Waals surface area contributed by atoms with Crippen molar-refractivity contribution >= 4 is 33.5 Å². The first-order valence-corrected chi connectivity index (χ1v) is 10.3. The number of esters is 1. The SMILES string of the molecule is CN(C)C(=O)c1ccccc1OC(=O)CCCC[C@@H]1CCSS1. The molecule has 1 aliphatic heterocycles. The van der Waals surface area contributed by atoms with Crippen molar-refractivity contribution in [2.24, 2.45) is 0 Å². The van der Waals surface area contributed by atoms with Crippen molar-refractivity contribution in [2.45, 2.75) is 37.4 Å². The lowest BCUT2D eigenvalue weighted by molar-refractivity contribution is -0.134. The summed E-state index contributed by atoms with van der Waals surface area (Å²) < 4.78 is 5.39. The topological polar surface area (TPSA) is 46.6 Å². The number of ether oxygens (including phenoxy) is 1. The number of unbranched alkanes of at least 4 members (excludes halogenated alkanes) is 1. The second kappa shape index (κ2) is 9.23. The summed E-state index contributed by atoms with van der Waals surface area (Å²) in [4.78, 5) is 25.6. The van der Waals surface area contributed by atoms with Crippen molar-refractivity contribution < 1.29 is 14.3 Å². The van der Waals surface area contributed by atoms with Crippen LogP contribution < -0.4 is 4.74 Å². The van der Waals surface area contributed by atoms with Gasteiger partial charge in [0.1, 0.15) is 5.75 Å². The third-order valence-electron chi connectivity index (χ3n) is 3.63. The molecule has 1 amide bonds. The van der Waals surface area contributed by atoms with Crippen molar-refractivity contribution in [3.05, 3.63) is 29.8 Å². The standard InChI is InChI=1S/C17H23NO3S2/c1-18(2)17(20)14-8-4-5-9-15(14)21-16(19)10-6-3-7-13-11-12-22-23-13/h4-5,8-9,13H,3,6-7,10-12H2,1-2H3/t13-/m1/s1. The van der Waals surface area contributed by atoms with Gasteiger partial charge in [0.15, 0.2) is 0 Å². The van der Waals surface area contributed by atoms with Crippen molar-refractivity contribution in [1.82, 2.24) is 4.90 Å². The highest BCUT2D eigenvalue weighted by molar-refractivity contribution is 8.77. The summed E-state index contributed by atoms with van der Waals surface area (Å²) in [5, 5.41) is 0.745. The average molecular weight is 354 g/mol. The van der Waals surface area contributed by atoms with Crippen LogP contribution >= 0.6 is 21.6 Å². The summed E-state index contributed by atoms with van der Waals surface area (Å²) in [5.74, 6) is 1.16. The van der Waals surface area contributed by atoms with Gasteiger partial charge in [-0.3, -0.25) is 9.59 Å². The predicted molar refractivity (Wildman–Crippen MR) is 97.0 cm³/mol. The zero-order chi connectivity index (χ0) is 16.7. The number of nitrogens with zero attached hydrogens (tertiary/aromatic N) is 1. The molecule has 0 N–H and O–H groups in total. The van der Waals surface area contributed by atoms with E-state index >= 15 is 0 Å². The zero-order valence-electron chi connectivity index (χ0n) is 13.6. The van der Waals surface area contributed by atoms with Gasteiger partial charge < -0.3 is 9.64 Å². The molecule has 0 aliphatic carbocycles. The number of hydrogen-bond donors (Lipinski definition) is 0. The Kier molecular flexibility index (Phi) is 7.30. The van der Waals surface area contributed by atoms with E-state index in [4.69, 9.17) is 4.74 Å². The molecule has 0 spiro atoms. The summed E-state index contributed by atoms with van der Waals surface area (Å²) in [6.07, 6.45) is 4.73. The maximum Gasteiger partial charge on any atom is 0.311 e. The van der Waals surface area contributed by atoms with Crippen molar-refractivity contribution in [2.75, 3.05) is 19.8 Å². The van der Waals surface area contributed by atoms with Crippen LogP contribution in [0.25, 0.3) is 0 Å². The lowest BCUT2D eigenvalue weighted by Gasteiger charge is -2.14. The molecule has 6 heteroatoms. The van der Waals surface area contributed by atoms with Gasteiger partial charge in [-0.2, -0.15) is 0 Å². The number of para-hydroxylation sites is 1. The van der Waals surface area contributed by atoms with Crippen LogP contribution in [0.1, 0.15) is 42.5 Å². The van der Waals surface area contributed by atoms with Gasteiger partial charge in [0.05, 0.1) is 5.56 Å². The van der Waals surface area contributed by atoms with E-state index in [0.717, 1.165) is 18.1 Å². The molecule has 0 saturated carbocycles. The van der Waals surface area contributed by atoms with E-state index in [1.54, 1.807) is 38.4 Å². The Bertz CT molecular complexity index is 542. The minimum atomic E-state index is -0.266. The highest BCUT2D eigenvalue weighted by atomic mass is 33.1. The molecule has 1 fully saturated rings. The quantitative estimate of drug-likeness (QED) is 0.321. The Hall–Kier alpha value is -1.14. The number of hydrogen-bond acceptors (Lipinski definition) is 5. The van der Waals surface area contributed by atoms with Gasteiger partial charge in [-0.05, 0) is 31.4 Å². The molecule has 23 heavy (non-hydrogen) atoms. The summed E-state index contributed by atoms with van der Waals surface area (Å²) in [6, 6.07) is 6.89. The van der Waals surface area contributed by atoms with Crippen molar-refractivity contribution in [1.29, 1.82) is 0 Å². The van der Waals surface area contributed by atoms with E-state index in [1.807, 2.05) is 21.6 Å². The first kappa shape index (κ1) is 18.2. The Morgan fingerprint density at radius 1 is 1.26 bits per heavy atom. The Morgan fingerprint density at radius 2 is 2.04 bits per heavy atom. The van der Waals surface area contributed by atoms with Crippen molar-refractivity contribution in [3.63, 3.8) is 0 Å². The van der Waals surface area contributed by atoms with E-state index < -0.39 is 0 Å². The monoisotopic (exact) mass is 353 g/mol. The van der Waals surface area contributed by atoms with Crippen LogP contribution in [0.4, 0.5) is 0 Å². The van der Waals surface area contributed by atoms with Crippen LogP contribution in [0, 0.1) is 0 Å². The molecule has 0 aromatic heterocycles. The van der Waals surface area contributed by atoms with Gasteiger partial charge in [0.2, 0.25) is 0 Å². The summed E-state index contributed by atoms with van der Waals surface area (Å²) in [5.41, 5.74) is 0.422. The number of benzene rings is 1. The molecule has 1 aromatic carbocycles. The smallest absolute Gasteiger partial charge is 0.311 e. The minimum Gasteiger partial charge on any atom is -0.426 e. The molecule has 4 nitrogen and oxygen atoms in total. The van der Waals surface area contributed by atoms with Crippen LogP contribution in [0.3, 0.4) is 0 Å². The first-order valence-electron chi connectivity index (χ1n) is 7.87. The molecular weight excluding hydrogens is 330 g/mol. The van der Waals surface area contributed by atoms with E-state index in [2.05, 4.69) is 0 Å². The van der Waals surface area contributed by atoms with Crippen LogP contribution in [0.5, 0.6) is 5.75 Å². The largest absolute Gasteiger partial charge is 0.426 e. The second-order valence-electron chi connectivity index (χ2n) is 5.74. The third-order valence-corrected chi connectivity index (χ3v) is 6.64. The fraction of sp³-hybridized carbons (Fsp3) is 0.529. The van der Waals surface area contributed by atoms with E-state index in [1.165, 1.54) is 23.5 Å². The molecule has 0 bridgehead atoms. The average Bonchev–Trinajstić information content (AvgIpc) is 3.04. The zero-order valence-corrected chi connectivity index (χ0v) is 15.3. The van der Waals surface area contributed by atoms with Gasteiger partial charge in [-0.25, -0.2) is 0 Å². The van der Waals surface area contributed by atoms with Gasteiger partial charge >= 0.3 is 5.97 Å². The summed E-state index contributed by atoms with van der Waals surface area (Å²) in [7, 11) is 7.28. The molecule has 1 heterocycles. The van der Waals surface area contributed by atoms with E-state index in [-0.39, 0.29) is 11.9 Å².